The van der Waals surface area contributed by atoms with Crippen LogP contribution in [0.5, 0.6) is 0 Å². The number of fused-ring (bicyclic) bond motifs is 2. The van der Waals surface area contributed by atoms with Crippen LogP contribution in [0.3, 0.4) is 0 Å². The molecule has 0 amide bonds. The van der Waals surface area contributed by atoms with E-state index in [0.717, 1.165) is 82.5 Å². The van der Waals surface area contributed by atoms with Gasteiger partial charge >= 0.3 is 59.9 Å². The summed E-state index contributed by atoms with van der Waals surface area (Å²) >= 11 is 0. The predicted octanol–water partition coefficient (Wildman–Crippen LogP) is 15.4. The predicted molar refractivity (Wildman–Crippen MR) is 434 cm³/mol. The van der Waals surface area contributed by atoms with Gasteiger partial charge in [0.05, 0.1) is 61.5 Å². The number of hydrogen-bond donors (Lipinski definition) is 2. The van der Waals surface area contributed by atoms with Crippen LogP contribution in [0.4, 0.5) is 4.79 Å². The van der Waals surface area contributed by atoms with Crippen molar-refractivity contribution in [3.05, 3.63) is 0 Å². The largest absolute Gasteiger partial charge is 0.508 e. The summed E-state index contributed by atoms with van der Waals surface area (Å²) in [6, 6.07) is 0. The quantitative estimate of drug-likeness (QED) is 0.0371. The van der Waals surface area contributed by atoms with Crippen LogP contribution in [0.1, 0.15) is 325 Å². The summed E-state index contributed by atoms with van der Waals surface area (Å²) in [5.74, 6) is 1.62. The molecule has 118 heavy (non-hydrogen) atoms. The Morgan fingerprint density at radius 2 is 0.966 bits per heavy atom. The maximum Gasteiger partial charge on any atom is 0.508 e. The Morgan fingerprint density at radius 3 is 1.47 bits per heavy atom. The Hall–Kier alpha value is -5.67. The summed E-state index contributed by atoms with van der Waals surface area (Å²) in [6.07, 6.45) is 21.2. The molecule has 12 bridgehead atoms. The number of aliphatic hydroxyl groups is 2. The van der Waals surface area contributed by atoms with E-state index in [-0.39, 0.29) is 125 Å². The van der Waals surface area contributed by atoms with Gasteiger partial charge in [-0.25, -0.2) is 14.4 Å². The number of hydrogen-bond acceptors (Lipinski definition) is 26. The Kier molecular flexibility index (Phi) is 30.2. The van der Waals surface area contributed by atoms with E-state index < -0.39 is 96.2 Å². The molecule has 0 aromatic rings. The molecule has 26 nitrogen and oxygen atoms in total. The van der Waals surface area contributed by atoms with Gasteiger partial charge in [0.15, 0.2) is 6.61 Å². The summed E-state index contributed by atoms with van der Waals surface area (Å²) < 4.78 is 87.7. The summed E-state index contributed by atoms with van der Waals surface area (Å²) in [5.41, 5.74) is -5.55. The molecule has 13 aliphatic carbocycles. The van der Waals surface area contributed by atoms with Crippen molar-refractivity contribution < 1.29 is 123 Å². The van der Waals surface area contributed by atoms with Gasteiger partial charge < -0.3 is 62.3 Å². The summed E-state index contributed by atoms with van der Waals surface area (Å²) in [6.45, 7) is 40.8. The fourth-order valence-electron chi connectivity index (χ4n) is 21.2. The zero-order valence-electron chi connectivity index (χ0n) is 75.0. The van der Waals surface area contributed by atoms with Crippen LogP contribution in [-0.4, -0.2) is 169 Å². The molecule has 0 radical (unpaired) electrons. The molecule has 16 rings (SSSR count). The standard InChI is InChI=1S/C19H32O2.C16H24O8S.C16H22O6.C16H26O4.C14H26O2.C10H16O4/c1-6-18(4,5)17(20)21-19(12(2)3)15-8-13-7-14(10-15)11-16(19)9-13;1-4-16(2,3)14(17)21-5-6-22-15(18)23-12-9-7-10-11(8-9)25(19,20)24-13(10)12;1-4-16(2,3)15(19)20-7-11(17)21-12-8-5-9-10(6-8)14(18)22-13(9)12;1-4-13(2,3)12(17)20-16-7-11-5-14(18,9-16)8-15(19,6-11)10-16;1-5-13(3,4)12(15)16-14(6-2)10-8-7-9-11-14;1-4-10(2,3)9(12)14-7-5-6-13-8(7)11/h12-16H,6-11H2,1-5H3;9-13H,4-8H2,1-3H3;8-10,12-13H,4-7H2,1-3H3;11,18-19H,4-10H2,1-3H3;5-11H2,1-4H3;7H,4-6H2,1-3H3. The molecule has 3 heterocycles. The van der Waals surface area contributed by atoms with Crippen molar-refractivity contribution in [3.63, 3.8) is 0 Å². The Morgan fingerprint density at radius 1 is 0.492 bits per heavy atom. The van der Waals surface area contributed by atoms with E-state index >= 15 is 0 Å². The minimum Gasteiger partial charge on any atom is -0.463 e. The first-order valence-electron chi connectivity index (χ1n) is 44.8. The molecule has 3 aliphatic heterocycles. The Labute approximate surface area is 702 Å². The van der Waals surface area contributed by atoms with Crippen LogP contribution in [-0.2, 0) is 110 Å². The highest BCUT2D eigenvalue weighted by Crippen LogP contribution is 2.64. The highest BCUT2D eigenvalue weighted by Gasteiger charge is 2.68. The molecule has 13 unspecified atom stereocenters. The van der Waals surface area contributed by atoms with E-state index in [2.05, 4.69) is 27.7 Å². The van der Waals surface area contributed by atoms with Gasteiger partial charge in [0.25, 0.3) is 10.1 Å². The molecule has 16 fully saturated rings. The van der Waals surface area contributed by atoms with E-state index in [1.165, 1.54) is 51.4 Å². The van der Waals surface area contributed by atoms with Gasteiger partial charge in [0.2, 0.25) is 6.10 Å². The average Bonchev–Trinajstić information content (AvgIpc) is 1.11. The molecule has 672 valence electrons. The Bertz CT molecular complexity index is 3660. The minimum absolute atomic E-state index is 0.00636. The topological polar surface area (TPSA) is 356 Å². The van der Waals surface area contributed by atoms with Gasteiger partial charge in [-0.1, -0.05) is 68.7 Å². The maximum atomic E-state index is 12.8. The lowest BCUT2D eigenvalue weighted by molar-refractivity contribution is -0.264. The fourth-order valence-corrected chi connectivity index (χ4v) is 23.0. The van der Waals surface area contributed by atoms with Crippen molar-refractivity contribution in [2.75, 3.05) is 26.4 Å². The zero-order valence-corrected chi connectivity index (χ0v) is 75.9. The van der Waals surface area contributed by atoms with Crippen molar-refractivity contribution in [2.24, 2.45) is 97.6 Å². The molecular formula is C91H146O26S. The van der Waals surface area contributed by atoms with E-state index in [1.54, 1.807) is 41.5 Å². The van der Waals surface area contributed by atoms with Gasteiger partial charge in [-0.15, -0.1) is 0 Å². The summed E-state index contributed by atoms with van der Waals surface area (Å²) in [7, 11) is -3.54. The van der Waals surface area contributed by atoms with Crippen LogP contribution < -0.4 is 0 Å². The highest BCUT2D eigenvalue weighted by atomic mass is 32.2. The van der Waals surface area contributed by atoms with E-state index in [4.69, 9.17) is 56.3 Å². The maximum absolute atomic E-state index is 12.8. The third kappa shape index (κ3) is 21.4. The summed E-state index contributed by atoms with van der Waals surface area (Å²) in [4.78, 5) is 119. The number of carbonyl (C=O) groups excluding carboxylic acids is 10. The second-order valence-corrected chi connectivity index (χ2v) is 43.5. The van der Waals surface area contributed by atoms with Gasteiger partial charge in [0, 0.05) is 49.4 Å². The third-order valence-electron chi connectivity index (χ3n) is 30.5. The molecule has 13 atom stereocenters. The number of esters is 9. The molecule has 3 saturated heterocycles. The van der Waals surface area contributed by atoms with E-state index in [9.17, 15) is 66.6 Å². The lowest BCUT2D eigenvalue weighted by Gasteiger charge is -2.62. The van der Waals surface area contributed by atoms with Gasteiger partial charge in [-0.3, -0.25) is 37.7 Å². The van der Waals surface area contributed by atoms with Crippen molar-refractivity contribution in [3.8, 4) is 0 Å². The average molecular weight is 1690 g/mol. The third-order valence-corrected chi connectivity index (χ3v) is 32.3. The fraction of sp³-hybridized carbons (Fsp3) is 0.890. The Balaban J connectivity index is 0.000000163. The van der Waals surface area contributed by atoms with E-state index in [1.807, 2.05) is 76.2 Å². The van der Waals surface area contributed by atoms with Crippen LogP contribution in [0, 0.1) is 97.6 Å². The van der Waals surface area contributed by atoms with Crippen molar-refractivity contribution in [1.82, 2.24) is 0 Å². The van der Waals surface area contributed by atoms with Crippen LogP contribution in [0.2, 0.25) is 0 Å². The first-order valence-corrected chi connectivity index (χ1v) is 46.3. The number of carbonyl (C=O) groups is 10. The minimum atomic E-state index is -3.54. The summed E-state index contributed by atoms with van der Waals surface area (Å²) in [5, 5.41) is 20.9. The second-order valence-electron chi connectivity index (χ2n) is 41.7. The molecular weight excluding hydrogens is 1540 g/mol. The molecule has 13 saturated carbocycles. The number of ether oxygens (including phenoxy) is 11. The molecule has 0 aromatic carbocycles. The van der Waals surface area contributed by atoms with Gasteiger partial charge in [-0.05, 0) is 266 Å². The molecule has 2 N–H and O–H groups in total. The van der Waals surface area contributed by atoms with Crippen LogP contribution >= 0.6 is 0 Å². The van der Waals surface area contributed by atoms with Crippen LogP contribution in [0.25, 0.3) is 0 Å². The van der Waals surface area contributed by atoms with Crippen LogP contribution in [0.15, 0.2) is 0 Å². The lowest BCUT2D eigenvalue weighted by Crippen LogP contribution is -2.67. The van der Waals surface area contributed by atoms with Gasteiger partial charge in [-0.2, -0.15) is 8.42 Å². The monoisotopic (exact) mass is 1690 g/mol. The van der Waals surface area contributed by atoms with Crippen molar-refractivity contribution in [2.45, 2.75) is 389 Å². The second kappa shape index (κ2) is 37.0. The molecule has 0 aromatic heterocycles. The SMILES string of the molecule is CCC(C)(C)C(=O)OC1(C(C)C)C2CC3CC(C2)CC1C3.CCC(C)(C)C(=O)OC12CC3CC(O)(CC(O)(C3)C1)C2.CCC(C)(C)C(=O)OC1CCOC1=O.CCC(C)(C)C(=O)OCC(=O)OC1C2CC3C(=O)OC1C3C2.CCC(C)(C)C(=O)OCCOC(=O)OC1C2CC3C1OS(=O)(=O)C3C2.CCC1(OC(=O)C(C)(C)CC)CCCCC1. The molecule has 27 heteroatoms. The lowest BCUT2D eigenvalue weighted by atomic mass is 9.47. The molecule has 16 aliphatic rings. The number of cyclic esters (lactones) is 1. The first-order chi connectivity index (χ1) is 54.8. The van der Waals surface area contributed by atoms with Gasteiger partial charge in [0.1, 0.15) is 54.4 Å². The van der Waals surface area contributed by atoms with Crippen molar-refractivity contribution in [1.29, 1.82) is 0 Å². The highest BCUT2D eigenvalue weighted by molar-refractivity contribution is 7.87. The molecule has 0 spiro atoms. The van der Waals surface area contributed by atoms with E-state index in [0.29, 0.717) is 82.1 Å². The smallest absolute Gasteiger partial charge is 0.463 e. The first kappa shape index (κ1) is 96.2. The zero-order chi connectivity index (χ0) is 87.7. The normalized spacial score (nSPS) is 34.6. The number of rotatable bonds is 25. The van der Waals surface area contributed by atoms with Crippen molar-refractivity contribution >= 4 is 70.0 Å².